The number of ether oxygens (including phenoxy) is 2. The molecule has 1 aliphatic rings. The van der Waals surface area contributed by atoms with E-state index < -0.39 is 28.5 Å². The number of rotatable bonds is 13. The summed E-state index contributed by atoms with van der Waals surface area (Å²) in [6.07, 6.45) is 5.00. The van der Waals surface area contributed by atoms with E-state index in [1.54, 1.807) is 24.3 Å². The number of carbonyl (C=O) groups is 2. The summed E-state index contributed by atoms with van der Waals surface area (Å²) in [6.45, 7) is -0.616. The van der Waals surface area contributed by atoms with Crippen molar-refractivity contribution in [3.63, 3.8) is 0 Å². The van der Waals surface area contributed by atoms with Crippen molar-refractivity contribution in [3.8, 4) is 11.5 Å². The Bertz CT molecular complexity index is 1570. The zero-order chi connectivity index (χ0) is 31.9. The molecule has 0 aromatic heterocycles. The lowest BCUT2D eigenvalue weighted by Crippen LogP contribution is -2.54. The van der Waals surface area contributed by atoms with E-state index in [1.807, 2.05) is 30.3 Å². The van der Waals surface area contributed by atoms with Crippen molar-refractivity contribution >= 4 is 50.7 Å². The standard InChI is InChI=1S/C32H37Cl2N3O6S/c1-42-29-16-15-26(19-30(29)43-2)37(44(3,40)41)21-31(38)36(20-23-13-14-24(33)18-27(23)34)28(17-22-9-5-4-6-10-22)32(39)35-25-11-7-8-12-25/h4-6,9-10,13-16,18-19,25,28H,7-8,11-12,17,20-21H2,1-3H3,(H,35,39). The van der Waals surface area contributed by atoms with Gasteiger partial charge in [0.05, 0.1) is 26.2 Å². The Kier molecular flexibility index (Phi) is 11.4. The van der Waals surface area contributed by atoms with E-state index in [1.165, 1.54) is 31.3 Å². The van der Waals surface area contributed by atoms with Gasteiger partial charge in [-0.15, -0.1) is 0 Å². The Morgan fingerprint density at radius 3 is 2.25 bits per heavy atom. The van der Waals surface area contributed by atoms with Crippen LogP contribution in [0.25, 0.3) is 0 Å². The summed E-state index contributed by atoms with van der Waals surface area (Å²) in [5.74, 6) is -0.190. The summed E-state index contributed by atoms with van der Waals surface area (Å²) in [5, 5.41) is 3.89. The van der Waals surface area contributed by atoms with E-state index in [9.17, 15) is 18.0 Å². The minimum absolute atomic E-state index is 0.0103. The van der Waals surface area contributed by atoms with Crippen LogP contribution in [-0.2, 0) is 32.6 Å². The van der Waals surface area contributed by atoms with Crippen molar-refractivity contribution in [1.82, 2.24) is 10.2 Å². The molecule has 4 rings (SSSR count). The van der Waals surface area contributed by atoms with Crippen LogP contribution in [0, 0.1) is 0 Å². The fourth-order valence-electron chi connectivity index (χ4n) is 5.35. The first-order valence-corrected chi connectivity index (χ1v) is 16.9. The van der Waals surface area contributed by atoms with Crippen LogP contribution in [-0.4, -0.2) is 64.2 Å². The Labute approximate surface area is 269 Å². The van der Waals surface area contributed by atoms with Crippen LogP contribution in [0.5, 0.6) is 11.5 Å². The number of methoxy groups -OCH3 is 2. The molecule has 1 unspecified atom stereocenters. The summed E-state index contributed by atoms with van der Waals surface area (Å²) >= 11 is 12.7. The number of hydrogen-bond acceptors (Lipinski definition) is 6. The van der Waals surface area contributed by atoms with Crippen molar-refractivity contribution in [3.05, 3.63) is 87.9 Å². The minimum atomic E-state index is -3.96. The van der Waals surface area contributed by atoms with Gasteiger partial charge in [-0.1, -0.05) is 72.4 Å². The van der Waals surface area contributed by atoms with Crippen molar-refractivity contribution in [2.75, 3.05) is 31.3 Å². The maximum atomic E-state index is 14.3. The second kappa shape index (κ2) is 15.0. The fraction of sp³-hybridized carbons (Fsp3) is 0.375. The minimum Gasteiger partial charge on any atom is -0.493 e. The van der Waals surface area contributed by atoms with E-state index in [0.29, 0.717) is 27.1 Å². The molecule has 1 aliphatic carbocycles. The number of amides is 2. The van der Waals surface area contributed by atoms with Crippen molar-refractivity contribution in [2.24, 2.45) is 0 Å². The monoisotopic (exact) mass is 661 g/mol. The highest BCUT2D eigenvalue weighted by atomic mass is 35.5. The molecule has 1 fully saturated rings. The van der Waals surface area contributed by atoms with Crippen LogP contribution in [0.1, 0.15) is 36.8 Å². The molecule has 1 atom stereocenters. The molecular weight excluding hydrogens is 625 g/mol. The summed E-state index contributed by atoms with van der Waals surface area (Å²) in [6, 6.07) is 17.9. The molecule has 9 nitrogen and oxygen atoms in total. The summed E-state index contributed by atoms with van der Waals surface area (Å²) < 4.78 is 37.8. The van der Waals surface area contributed by atoms with Gasteiger partial charge in [0.15, 0.2) is 11.5 Å². The predicted molar refractivity (Wildman–Crippen MR) is 173 cm³/mol. The number of nitrogens with one attached hydrogen (secondary N) is 1. The number of hydrogen-bond donors (Lipinski definition) is 1. The molecule has 0 saturated heterocycles. The van der Waals surface area contributed by atoms with Crippen molar-refractivity contribution in [1.29, 1.82) is 0 Å². The zero-order valence-electron chi connectivity index (χ0n) is 25.0. The third-order valence-electron chi connectivity index (χ3n) is 7.66. The number of carbonyl (C=O) groups excluding carboxylic acids is 2. The third-order valence-corrected chi connectivity index (χ3v) is 9.39. The molecule has 0 radical (unpaired) electrons. The molecule has 2 amide bonds. The molecule has 0 heterocycles. The third kappa shape index (κ3) is 8.58. The van der Waals surface area contributed by atoms with Crippen molar-refractivity contribution in [2.45, 2.75) is 50.7 Å². The lowest BCUT2D eigenvalue weighted by atomic mass is 10.0. The quantitative estimate of drug-likeness (QED) is 0.260. The first kappa shape index (κ1) is 33.4. The smallest absolute Gasteiger partial charge is 0.244 e. The van der Waals surface area contributed by atoms with Gasteiger partial charge in [0.1, 0.15) is 12.6 Å². The van der Waals surface area contributed by atoms with Crippen LogP contribution in [0.2, 0.25) is 10.0 Å². The number of halogens is 2. The Morgan fingerprint density at radius 2 is 1.64 bits per heavy atom. The Balaban J connectivity index is 1.76. The second-order valence-corrected chi connectivity index (χ2v) is 13.5. The first-order valence-electron chi connectivity index (χ1n) is 14.3. The lowest BCUT2D eigenvalue weighted by molar-refractivity contribution is -0.140. The van der Waals surface area contributed by atoms with Gasteiger partial charge in [0.25, 0.3) is 0 Å². The highest BCUT2D eigenvalue weighted by molar-refractivity contribution is 7.92. The molecule has 44 heavy (non-hydrogen) atoms. The Morgan fingerprint density at radius 1 is 0.955 bits per heavy atom. The van der Waals surface area contributed by atoms with Crippen molar-refractivity contribution < 1.29 is 27.5 Å². The molecule has 0 spiro atoms. The first-order chi connectivity index (χ1) is 21.0. The summed E-state index contributed by atoms with van der Waals surface area (Å²) in [5.41, 5.74) is 1.62. The van der Waals surface area contributed by atoms with Crippen LogP contribution in [0.4, 0.5) is 5.69 Å². The van der Waals surface area contributed by atoms with Crippen LogP contribution >= 0.6 is 23.2 Å². The van der Waals surface area contributed by atoms with E-state index in [0.717, 1.165) is 41.8 Å². The predicted octanol–water partition coefficient (Wildman–Crippen LogP) is 5.48. The van der Waals surface area contributed by atoms with E-state index in [4.69, 9.17) is 32.7 Å². The van der Waals surface area contributed by atoms with Crippen LogP contribution < -0.4 is 19.1 Å². The fourth-order valence-corrected chi connectivity index (χ4v) is 6.66. The number of anilines is 1. The normalized spacial score (nSPS) is 14.1. The highest BCUT2D eigenvalue weighted by Gasteiger charge is 2.34. The van der Waals surface area contributed by atoms with Gasteiger partial charge in [-0.05, 0) is 48.2 Å². The van der Waals surface area contributed by atoms with Gasteiger partial charge in [0.2, 0.25) is 21.8 Å². The number of sulfonamides is 1. The molecule has 3 aromatic carbocycles. The largest absolute Gasteiger partial charge is 0.493 e. The molecule has 0 aliphatic heterocycles. The average molecular weight is 663 g/mol. The lowest BCUT2D eigenvalue weighted by Gasteiger charge is -2.34. The van der Waals surface area contributed by atoms with Gasteiger partial charge in [0, 0.05) is 35.1 Å². The topological polar surface area (TPSA) is 105 Å². The second-order valence-electron chi connectivity index (χ2n) is 10.8. The van der Waals surface area contributed by atoms with Gasteiger partial charge < -0.3 is 19.7 Å². The summed E-state index contributed by atoms with van der Waals surface area (Å²) in [4.78, 5) is 29.7. The average Bonchev–Trinajstić information content (AvgIpc) is 3.51. The SMILES string of the molecule is COc1ccc(N(CC(=O)N(Cc2ccc(Cl)cc2Cl)C(Cc2ccccc2)C(=O)NC2CCCC2)S(C)(=O)=O)cc1OC. The Hall–Kier alpha value is -3.47. The van der Waals surface area contributed by atoms with E-state index in [-0.39, 0.29) is 30.6 Å². The van der Waals surface area contributed by atoms with Gasteiger partial charge in [-0.25, -0.2) is 8.42 Å². The maximum absolute atomic E-state index is 14.3. The van der Waals surface area contributed by atoms with E-state index in [2.05, 4.69) is 5.32 Å². The van der Waals surface area contributed by atoms with Gasteiger partial charge in [-0.3, -0.25) is 13.9 Å². The van der Waals surface area contributed by atoms with Crippen LogP contribution in [0.3, 0.4) is 0 Å². The van der Waals surface area contributed by atoms with Crippen LogP contribution in [0.15, 0.2) is 66.7 Å². The molecule has 3 aromatic rings. The molecule has 0 bridgehead atoms. The molecule has 1 N–H and O–H groups in total. The maximum Gasteiger partial charge on any atom is 0.244 e. The summed E-state index contributed by atoms with van der Waals surface area (Å²) in [7, 11) is -1.05. The van der Waals surface area contributed by atoms with Gasteiger partial charge in [-0.2, -0.15) is 0 Å². The number of benzene rings is 3. The molecule has 1 saturated carbocycles. The highest BCUT2D eigenvalue weighted by Crippen LogP contribution is 2.33. The van der Waals surface area contributed by atoms with Gasteiger partial charge >= 0.3 is 0 Å². The molecule has 236 valence electrons. The molecular formula is C32H37Cl2N3O6S. The molecule has 12 heteroatoms. The zero-order valence-corrected chi connectivity index (χ0v) is 27.3. The van der Waals surface area contributed by atoms with E-state index >= 15 is 0 Å². The number of nitrogens with zero attached hydrogens (tertiary/aromatic N) is 2.